The molecule has 1 heterocycles. The van der Waals surface area contributed by atoms with Crippen molar-refractivity contribution >= 4 is 0 Å². The third-order valence-corrected chi connectivity index (χ3v) is 3.29. The summed E-state index contributed by atoms with van der Waals surface area (Å²) in [6.07, 6.45) is 3.69. The van der Waals surface area contributed by atoms with Gasteiger partial charge in [0, 0.05) is 29.6 Å². The standard InChI is InChI=1S/C15H25NO2/c1-10(2)6-13(9-17)7-14-12(4)15(18-5)11(3)8-16-14/h8,10,13,17H,6-7,9H2,1-5H3. The smallest absolute Gasteiger partial charge is 0.128 e. The molecule has 0 saturated carbocycles. The van der Waals surface area contributed by atoms with Gasteiger partial charge < -0.3 is 9.84 Å². The van der Waals surface area contributed by atoms with Crippen molar-refractivity contribution < 1.29 is 9.84 Å². The first-order chi connectivity index (χ1) is 8.49. The van der Waals surface area contributed by atoms with Crippen LogP contribution in [0.4, 0.5) is 0 Å². The van der Waals surface area contributed by atoms with Crippen molar-refractivity contribution in [3.63, 3.8) is 0 Å². The minimum absolute atomic E-state index is 0.218. The number of hydrogen-bond acceptors (Lipinski definition) is 3. The molecule has 0 aliphatic rings. The summed E-state index contributed by atoms with van der Waals surface area (Å²) in [6, 6.07) is 0. The fourth-order valence-corrected chi connectivity index (χ4v) is 2.44. The van der Waals surface area contributed by atoms with Gasteiger partial charge in [0.2, 0.25) is 0 Å². The van der Waals surface area contributed by atoms with Crippen LogP contribution in [0, 0.1) is 25.7 Å². The highest BCUT2D eigenvalue weighted by Crippen LogP contribution is 2.26. The average Bonchev–Trinajstić information content (AvgIpc) is 2.31. The molecule has 1 atom stereocenters. The Hall–Kier alpha value is -1.09. The van der Waals surface area contributed by atoms with Crippen LogP contribution in [0.2, 0.25) is 0 Å². The Balaban J connectivity index is 2.90. The molecule has 0 saturated heterocycles. The van der Waals surface area contributed by atoms with Crippen LogP contribution >= 0.6 is 0 Å². The molecule has 0 bridgehead atoms. The van der Waals surface area contributed by atoms with E-state index in [4.69, 9.17) is 4.74 Å². The molecule has 0 radical (unpaired) electrons. The second-order valence-electron chi connectivity index (χ2n) is 5.43. The zero-order valence-corrected chi connectivity index (χ0v) is 12.2. The van der Waals surface area contributed by atoms with Gasteiger partial charge in [0.05, 0.1) is 7.11 Å². The van der Waals surface area contributed by atoms with Crippen LogP contribution in [-0.2, 0) is 6.42 Å². The van der Waals surface area contributed by atoms with E-state index in [9.17, 15) is 5.11 Å². The van der Waals surface area contributed by atoms with Crippen LogP contribution in [0.3, 0.4) is 0 Å². The highest BCUT2D eigenvalue weighted by atomic mass is 16.5. The molecule has 18 heavy (non-hydrogen) atoms. The summed E-state index contributed by atoms with van der Waals surface area (Å²) in [5, 5.41) is 9.45. The predicted octanol–water partition coefficient (Wildman–Crippen LogP) is 2.90. The lowest BCUT2D eigenvalue weighted by Crippen LogP contribution is -2.14. The lowest BCUT2D eigenvalue weighted by molar-refractivity contribution is 0.204. The molecule has 0 amide bonds. The Morgan fingerprint density at radius 1 is 1.33 bits per heavy atom. The summed E-state index contributed by atoms with van der Waals surface area (Å²) in [5.41, 5.74) is 3.19. The molecular weight excluding hydrogens is 226 g/mol. The third-order valence-electron chi connectivity index (χ3n) is 3.29. The van der Waals surface area contributed by atoms with Crippen LogP contribution in [0.5, 0.6) is 5.75 Å². The van der Waals surface area contributed by atoms with E-state index >= 15 is 0 Å². The monoisotopic (exact) mass is 251 g/mol. The van der Waals surface area contributed by atoms with Crippen molar-refractivity contribution in [2.45, 2.75) is 40.5 Å². The summed E-state index contributed by atoms with van der Waals surface area (Å²) in [4.78, 5) is 4.49. The zero-order valence-electron chi connectivity index (χ0n) is 12.2. The van der Waals surface area contributed by atoms with Gasteiger partial charge in [-0.2, -0.15) is 0 Å². The average molecular weight is 251 g/mol. The molecular formula is C15H25NO2. The van der Waals surface area contributed by atoms with Crippen LogP contribution in [-0.4, -0.2) is 23.8 Å². The SMILES string of the molecule is COc1c(C)cnc(CC(CO)CC(C)C)c1C. The molecule has 0 fully saturated rings. The highest BCUT2D eigenvalue weighted by molar-refractivity contribution is 5.41. The van der Waals surface area contributed by atoms with Crippen LogP contribution in [0.1, 0.15) is 37.1 Å². The Morgan fingerprint density at radius 3 is 2.50 bits per heavy atom. The maximum Gasteiger partial charge on any atom is 0.128 e. The molecule has 3 heteroatoms. The maximum atomic E-state index is 9.45. The molecule has 0 aromatic carbocycles. The van der Waals surface area contributed by atoms with E-state index in [-0.39, 0.29) is 12.5 Å². The minimum Gasteiger partial charge on any atom is -0.496 e. The van der Waals surface area contributed by atoms with E-state index in [1.54, 1.807) is 7.11 Å². The van der Waals surface area contributed by atoms with E-state index in [1.165, 1.54) is 0 Å². The maximum absolute atomic E-state index is 9.45. The van der Waals surface area contributed by atoms with Crippen molar-refractivity contribution in [3.8, 4) is 5.75 Å². The van der Waals surface area contributed by atoms with E-state index in [2.05, 4.69) is 18.8 Å². The van der Waals surface area contributed by atoms with E-state index in [0.29, 0.717) is 5.92 Å². The Morgan fingerprint density at radius 2 is 2.00 bits per heavy atom. The first kappa shape index (κ1) is 15.0. The van der Waals surface area contributed by atoms with Gasteiger partial charge in [0.15, 0.2) is 0 Å². The van der Waals surface area contributed by atoms with Crippen molar-refractivity contribution in [3.05, 3.63) is 23.0 Å². The second kappa shape index (κ2) is 6.74. The molecule has 102 valence electrons. The molecule has 1 unspecified atom stereocenters. The van der Waals surface area contributed by atoms with Gasteiger partial charge in [-0.15, -0.1) is 0 Å². The fourth-order valence-electron chi connectivity index (χ4n) is 2.44. The normalized spacial score (nSPS) is 12.8. The number of pyridine rings is 1. The quantitative estimate of drug-likeness (QED) is 0.845. The van der Waals surface area contributed by atoms with E-state index in [1.807, 2.05) is 20.0 Å². The Kier molecular flexibility index (Phi) is 5.60. The van der Waals surface area contributed by atoms with Crippen molar-refractivity contribution in [1.82, 2.24) is 4.98 Å². The van der Waals surface area contributed by atoms with Crippen LogP contribution in [0.25, 0.3) is 0 Å². The molecule has 0 aliphatic heterocycles. The lowest BCUT2D eigenvalue weighted by atomic mass is 9.92. The number of nitrogens with zero attached hydrogens (tertiary/aromatic N) is 1. The largest absolute Gasteiger partial charge is 0.496 e. The van der Waals surface area contributed by atoms with E-state index < -0.39 is 0 Å². The third kappa shape index (κ3) is 3.70. The minimum atomic E-state index is 0.218. The summed E-state index contributed by atoms with van der Waals surface area (Å²) < 4.78 is 5.41. The molecule has 1 aromatic rings. The second-order valence-corrected chi connectivity index (χ2v) is 5.43. The van der Waals surface area contributed by atoms with Gasteiger partial charge in [0.25, 0.3) is 0 Å². The Bertz CT molecular complexity index is 388. The van der Waals surface area contributed by atoms with E-state index in [0.717, 1.165) is 35.4 Å². The van der Waals surface area contributed by atoms with Crippen molar-refractivity contribution in [1.29, 1.82) is 0 Å². The number of aryl methyl sites for hydroxylation is 1. The molecule has 1 rings (SSSR count). The predicted molar refractivity (Wildman–Crippen MR) is 74.0 cm³/mol. The van der Waals surface area contributed by atoms with Gasteiger partial charge in [0.1, 0.15) is 5.75 Å². The van der Waals surface area contributed by atoms with Gasteiger partial charge in [-0.3, -0.25) is 4.98 Å². The number of ether oxygens (including phenoxy) is 1. The topological polar surface area (TPSA) is 42.4 Å². The number of methoxy groups -OCH3 is 1. The molecule has 1 aromatic heterocycles. The molecule has 1 N–H and O–H groups in total. The van der Waals surface area contributed by atoms with Gasteiger partial charge in [-0.1, -0.05) is 13.8 Å². The highest BCUT2D eigenvalue weighted by Gasteiger charge is 2.15. The van der Waals surface area contributed by atoms with Crippen LogP contribution in [0.15, 0.2) is 6.20 Å². The first-order valence-corrected chi connectivity index (χ1v) is 6.59. The molecule has 3 nitrogen and oxygen atoms in total. The number of aromatic nitrogens is 1. The zero-order chi connectivity index (χ0) is 13.7. The van der Waals surface area contributed by atoms with Gasteiger partial charge in [-0.25, -0.2) is 0 Å². The summed E-state index contributed by atoms with van der Waals surface area (Å²) in [5.74, 6) is 1.79. The first-order valence-electron chi connectivity index (χ1n) is 6.59. The molecule has 0 spiro atoms. The fraction of sp³-hybridized carbons (Fsp3) is 0.667. The van der Waals surface area contributed by atoms with Gasteiger partial charge >= 0.3 is 0 Å². The van der Waals surface area contributed by atoms with Crippen molar-refractivity contribution in [2.75, 3.05) is 13.7 Å². The number of hydrogen-bond donors (Lipinski definition) is 1. The molecule has 0 aliphatic carbocycles. The Labute approximate surface area is 110 Å². The number of aliphatic hydroxyl groups excluding tert-OH is 1. The summed E-state index contributed by atoms with van der Waals surface area (Å²) in [6.45, 7) is 8.62. The van der Waals surface area contributed by atoms with Crippen LogP contribution < -0.4 is 4.74 Å². The van der Waals surface area contributed by atoms with Gasteiger partial charge in [-0.05, 0) is 38.5 Å². The number of aliphatic hydroxyl groups is 1. The summed E-state index contributed by atoms with van der Waals surface area (Å²) >= 11 is 0. The number of rotatable bonds is 6. The summed E-state index contributed by atoms with van der Waals surface area (Å²) in [7, 11) is 1.69. The lowest BCUT2D eigenvalue weighted by Gasteiger charge is -2.18. The van der Waals surface area contributed by atoms with Crippen molar-refractivity contribution in [2.24, 2.45) is 11.8 Å².